The topological polar surface area (TPSA) is 100 Å². The first-order valence-corrected chi connectivity index (χ1v) is 11.9. The second-order valence-corrected chi connectivity index (χ2v) is 9.63. The van der Waals surface area contributed by atoms with Crippen LogP contribution in [0.2, 0.25) is 0 Å². The maximum absolute atomic E-state index is 13.8. The number of piperidine rings is 1. The Balaban J connectivity index is 1.61. The fourth-order valence-corrected chi connectivity index (χ4v) is 4.96. The third-order valence-electron chi connectivity index (χ3n) is 6.74. The summed E-state index contributed by atoms with van der Waals surface area (Å²) in [6.07, 6.45) is 4.40. The Morgan fingerprint density at radius 3 is 2.76 bits per heavy atom. The van der Waals surface area contributed by atoms with Gasteiger partial charge in [0.2, 0.25) is 5.95 Å². The van der Waals surface area contributed by atoms with Gasteiger partial charge in [-0.1, -0.05) is 29.8 Å². The second kappa shape index (κ2) is 8.79. The van der Waals surface area contributed by atoms with Crippen molar-refractivity contribution in [2.45, 2.75) is 58.3 Å². The van der Waals surface area contributed by atoms with Crippen molar-refractivity contribution in [1.29, 1.82) is 0 Å². The van der Waals surface area contributed by atoms with Gasteiger partial charge in [0.1, 0.15) is 11.9 Å². The lowest BCUT2D eigenvalue weighted by Gasteiger charge is -2.31. The number of ether oxygens (including phenoxy) is 1. The number of nitrogens with two attached hydrogens (primary N) is 1. The molecular formula is C25H32N6O3. The molecule has 5 rings (SSSR count). The average molecular weight is 465 g/mol. The van der Waals surface area contributed by atoms with Crippen LogP contribution in [0.5, 0.6) is 5.75 Å². The van der Waals surface area contributed by atoms with Gasteiger partial charge < -0.3 is 19.9 Å². The first-order chi connectivity index (χ1) is 16.3. The number of fused-ring (bicyclic) bond motifs is 2. The van der Waals surface area contributed by atoms with Gasteiger partial charge >= 0.3 is 5.69 Å². The van der Waals surface area contributed by atoms with Crippen LogP contribution in [0.25, 0.3) is 11.2 Å². The minimum atomic E-state index is -0.384. The highest BCUT2D eigenvalue weighted by Gasteiger charge is 2.28. The van der Waals surface area contributed by atoms with Gasteiger partial charge in [-0.3, -0.25) is 13.9 Å². The molecule has 3 aromatic rings. The average Bonchev–Trinajstić information content (AvgIpc) is 3.40. The molecular weight excluding hydrogens is 432 g/mol. The Morgan fingerprint density at radius 1 is 1.24 bits per heavy atom. The van der Waals surface area contributed by atoms with E-state index in [1.54, 1.807) is 7.05 Å². The highest BCUT2D eigenvalue weighted by molar-refractivity contribution is 5.74. The predicted molar refractivity (Wildman–Crippen MR) is 133 cm³/mol. The van der Waals surface area contributed by atoms with Crippen molar-refractivity contribution in [3.63, 3.8) is 0 Å². The molecule has 9 heteroatoms. The minimum Gasteiger partial charge on any atom is -0.488 e. The minimum absolute atomic E-state index is 0.0621. The molecule has 34 heavy (non-hydrogen) atoms. The molecule has 2 aromatic heterocycles. The Morgan fingerprint density at radius 2 is 2.03 bits per heavy atom. The summed E-state index contributed by atoms with van der Waals surface area (Å²) >= 11 is 0. The molecule has 0 radical (unpaired) electrons. The number of benzene rings is 1. The Labute approximate surface area is 198 Å². The van der Waals surface area contributed by atoms with Crippen molar-refractivity contribution in [2.24, 2.45) is 12.8 Å². The summed E-state index contributed by atoms with van der Waals surface area (Å²) in [6, 6.07) is 7.89. The summed E-state index contributed by atoms with van der Waals surface area (Å²) in [7, 11) is 1.68. The van der Waals surface area contributed by atoms with E-state index in [1.807, 2.05) is 42.7 Å². The molecule has 2 unspecified atom stereocenters. The summed E-state index contributed by atoms with van der Waals surface area (Å²) in [6.45, 7) is 6.24. The molecule has 2 N–H and O–H groups in total. The van der Waals surface area contributed by atoms with Crippen molar-refractivity contribution < 1.29 is 4.74 Å². The van der Waals surface area contributed by atoms with Crippen molar-refractivity contribution >= 4 is 17.1 Å². The first-order valence-electron chi connectivity index (χ1n) is 11.9. The van der Waals surface area contributed by atoms with Gasteiger partial charge in [-0.05, 0) is 38.3 Å². The fourth-order valence-electron chi connectivity index (χ4n) is 4.96. The Bertz CT molecular complexity index is 1350. The standard InChI is InChI=1S/C25H32N6O3/c1-16(2)10-12-30-21-22(27-24(30)29-11-6-8-18(26)14-29)28(3)25(33)31(23(21)32)15-19-13-17-7-4-5-9-20(17)34-19/h4-5,7,9-10,18-19H,6,8,11-15,26H2,1-3H3. The van der Waals surface area contributed by atoms with Crippen LogP contribution < -0.4 is 26.6 Å². The molecule has 2 aliphatic rings. The van der Waals surface area contributed by atoms with E-state index in [9.17, 15) is 9.59 Å². The van der Waals surface area contributed by atoms with E-state index < -0.39 is 0 Å². The number of rotatable bonds is 5. The highest BCUT2D eigenvalue weighted by atomic mass is 16.5. The van der Waals surface area contributed by atoms with Gasteiger partial charge in [0.15, 0.2) is 11.2 Å². The van der Waals surface area contributed by atoms with Crippen LogP contribution in [0, 0.1) is 0 Å². The molecule has 9 nitrogen and oxygen atoms in total. The van der Waals surface area contributed by atoms with Gasteiger partial charge in [0.25, 0.3) is 5.56 Å². The molecule has 0 saturated carbocycles. The molecule has 0 aliphatic carbocycles. The third kappa shape index (κ3) is 3.94. The number of para-hydroxylation sites is 1. The van der Waals surface area contributed by atoms with E-state index >= 15 is 0 Å². The third-order valence-corrected chi connectivity index (χ3v) is 6.74. The lowest BCUT2D eigenvalue weighted by atomic mass is 10.1. The van der Waals surface area contributed by atoms with E-state index in [4.69, 9.17) is 15.5 Å². The van der Waals surface area contributed by atoms with Crippen molar-refractivity contribution in [3.8, 4) is 5.75 Å². The predicted octanol–water partition coefficient (Wildman–Crippen LogP) is 1.79. The molecule has 180 valence electrons. The van der Waals surface area contributed by atoms with Crippen molar-refractivity contribution in [2.75, 3.05) is 18.0 Å². The van der Waals surface area contributed by atoms with Crippen LogP contribution in [-0.2, 0) is 26.6 Å². The van der Waals surface area contributed by atoms with Gasteiger partial charge in [-0.15, -0.1) is 0 Å². The van der Waals surface area contributed by atoms with Gasteiger partial charge in [0.05, 0.1) is 6.54 Å². The van der Waals surface area contributed by atoms with Crippen LogP contribution in [0.1, 0.15) is 32.3 Å². The fraction of sp³-hybridized carbons (Fsp3) is 0.480. The van der Waals surface area contributed by atoms with Crippen LogP contribution in [0.15, 0.2) is 45.5 Å². The summed E-state index contributed by atoms with van der Waals surface area (Å²) in [5.41, 5.74) is 8.59. The number of aromatic nitrogens is 4. The maximum Gasteiger partial charge on any atom is 0.332 e. The van der Waals surface area contributed by atoms with Crippen LogP contribution in [-0.4, -0.2) is 43.9 Å². The molecule has 0 amide bonds. The van der Waals surface area contributed by atoms with Gasteiger partial charge in [0, 0.05) is 39.1 Å². The van der Waals surface area contributed by atoms with Crippen LogP contribution >= 0.6 is 0 Å². The number of nitrogens with zero attached hydrogens (tertiary/aromatic N) is 5. The largest absolute Gasteiger partial charge is 0.488 e. The van der Waals surface area contributed by atoms with Crippen molar-refractivity contribution in [3.05, 3.63) is 62.3 Å². The lowest BCUT2D eigenvalue weighted by Crippen LogP contribution is -2.44. The summed E-state index contributed by atoms with van der Waals surface area (Å²) in [4.78, 5) is 33.9. The van der Waals surface area contributed by atoms with Crippen molar-refractivity contribution in [1.82, 2.24) is 18.7 Å². The summed E-state index contributed by atoms with van der Waals surface area (Å²) < 4.78 is 10.7. The smallest absolute Gasteiger partial charge is 0.332 e. The van der Waals surface area contributed by atoms with Gasteiger partial charge in [-0.25, -0.2) is 4.79 Å². The van der Waals surface area contributed by atoms with Gasteiger partial charge in [-0.2, -0.15) is 4.98 Å². The molecule has 1 saturated heterocycles. The SMILES string of the molecule is CC(C)=CCn1c(N2CCCC(N)C2)nc2c1c(=O)n(CC1Cc3ccccc3O1)c(=O)n2C. The summed E-state index contributed by atoms with van der Waals surface area (Å²) in [5, 5.41) is 0. The number of hydrogen-bond donors (Lipinski definition) is 1. The first kappa shape index (κ1) is 22.5. The molecule has 0 spiro atoms. The maximum atomic E-state index is 13.8. The zero-order chi connectivity index (χ0) is 24.0. The van der Waals surface area contributed by atoms with Crippen LogP contribution in [0.3, 0.4) is 0 Å². The Hall–Kier alpha value is -3.33. The monoisotopic (exact) mass is 464 g/mol. The molecule has 2 atom stereocenters. The Kier molecular flexibility index (Phi) is 5.81. The number of anilines is 1. The second-order valence-electron chi connectivity index (χ2n) is 9.63. The highest BCUT2D eigenvalue weighted by Crippen LogP contribution is 2.29. The molecule has 1 aromatic carbocycles. The molecule has 0 bridgehead atoms. The number of imidazole rings is 1. The molecule has 4 heterocycles. The zero-order valence-electron chi connectivity index (χ0n) is 20.0. The molecule has 2 aliphatic heterocycles. The summed E-state index contributed by atoms with van der Waals surface area (Å²) in [5.74, 6) is 1.51. The van der Waals surface area contributed by atoms with E-state index in [2.05, 4.69) is 11.0 Å². The number of allylic oxidation sites excluding steroid dienone is 2. The van der Waals surface area contributed by atoms with E-state index in [0.717, 1.165) is 36.3 Å². The van der Waals surface area contributed by atoms with E-state index in [1.165, 1.54) is 9.13 Å². The molecule has 1 fully saturated rings. The van der Waals surface area contributed by atoms with E-state index in [0.29, 0.717) is 36.6 Å². The normalized spacial score (nSPS) is 19.8. The lowest BCUT2D eigenvalue weighted by molar-refractivity contribution is 0.205. The van der Waals surface area contributed by atoms with E-state index in [-0.39, 0.29) is 29.9 Å². The quantitative estimate of drug-likeness (QED) is 0.578. The number of aryl methyl sites for hydroxylation is 1. The number of hydrogen-bond acceptors (Lipinski definition) is 6. The zero-order valence-corrected chi connectivity index (χ0v) is 20.0. The van der Waals surface area contributed by atoms with Crippen LogP contribution in [0.4, 0.5) is 5.95 Å².